The van der Waals surface area contributed by atoms with Gasteiger partial charge in [0.15, 0.2) is 11.8 Å². The van der Waals surface area contributed by atoms with Gasteiger partial charge >= 0.3 is 0 Å². The summed E-state index contributed by atoms with van der Waals surface area (Å²) in [6, 6.07) is 10.6. The van der Waals surface area contributed by atoms with Crippen molar-refractivity contribution in [3.8, 4) is 0 Å². The van der Waals surface area contributed by atoms with E-state index in [1.54, 1.807) is 7.11 Å². The minimum absolute atomic E-state index is 0.517. The van der Waals surface area contributed by atoms with E-state index in [1.165, 1.54) is 5.69 Å². The van der Waals surface area contributed by atoms with Gasteiger partial charge in [0.25, 0.3) is 0 Å². The standard InChI is InChI=1S/C20H31N7O/c1-17-23-24-19(25(17)2)16-22-20(21-10-7-15-28-3)27-13-11-26(12-14-27)18-8-5-4-6-9-18/h4-6,8-9H,7,10-16H2,1-3H3,(H,21,22). The first kappa shape index (κ1) is 20.1. The van der Waals surface area contributed by atoms with E-state index in [2.05, 4.69) is 55.6 Å². The zero-order valence-corrected chi connectivity index (χ0v) is 17.1. The smallest absolute Gasteiger partial charge is 0.194 e. The highest BCUT2D eigenvalue weighted by Gasteiger charge is 2.20. The fourth-order valence-corrected chi connectivity index (χ4v) is 3.23. The number of guanidine groups is 1. The Hall–Kier alpha value is -2.61. The fraction of sp³-hybridized carbons (Fsp3) is 0.550. The highest BCUT2D eigenvalue weighted by molar-refractivity contribution is 5.80. The highest BCUT2D eigenvalue weighted by Crippen LogP contribution is 2.15. The maximum Gasteiger partial charge on any atom is 0.194 e. The van der Waals surface area contributed by atoms with E-state index in [1.807, 2.05) is 18.5 Å². The van der Waals surface area contributed by atoms with Crippen LogP contribution in [0.3, 0.4) is 0 Å². The molecule has 1 aliphatic heterocycles. The van der Waals surface area contributed by atoms with E-state index < -0.39 is 0 Å². The number of hydrogen-bond acceptors (Lipinski definition) is 5. The second kappa shape index (κ2) is 10.1. The number of rotatable bonds is 7. The molecule has 0 atom stereocenters. The van der Waals surface area contributed by atoms with Crippen LogP contribution in [-0.4, -0.2) is 72.1 Å². The van der Waals surface area contributed by atoms with E-state index in [0.29, 0.717) is 6.54 Å². The normalized spacial score (nSPS) is 15.2. The van der Waals surface area contributed by atoms with Crippen LogP contribution in [0.25, 0.3) is 0 Å². The molecule has 1 aliphatic rings. The monoisotopic (exact) mass is 385 g/mol. The van der Waals surface area contributed by atoms with Crippen molar-refractivity contribution in [1.29, 1.82) is 0 Å². The molecule has 8 heteroatoms. The van der Waals surface area contributed by atoms with Crippen LogP contribution in [0, 0.1) is 6.92 Å². The Balaban J connectivity index is 1.63. The Bertz CT molecular complexity index is 751. The molecule has 28 heavy (non-hydrogen) atoms. The Labute approximate surface area is 167 Å². The Kier molecular flexibility index (Phi) is 7.25. The Morgan fingerprint density at radius 1 is 1.14 bits per heavy atom. The third kappa shape index (κ3) is 5.22. The van der Waals surface area contributed by atoms with E-state index in [4.69, 9.17) is 9.73 Å². The molecule has 0 aliphatic carbocycles. The van der Waals surface area contributed by atoms with Crippen LogP contribution >= 0.6 is 0 Å². The summed E-state index contributed by atoms with van der Waals surface area (Å²) in [5, 5.41) is 11.8. The van der Waals surface area contributed by atoms with E-state index in [-0.39, 0.29) is 0 Å². The lowest BCUT2D eigenvalue weighted by atomic mass is 10.2. The third-order valence-corrected chi connectivity index (χ3v) is 5.06. The van der Waals surface area contributed by atoms with Gasteiger partial charge in [0, 0.05) is 59.2 Å². The number of aromatic nitrogens is 3. The largest absolute Gasteiger partial charge is 0.385 e. The van der Waals surface area contributed by atoms with Gasteiger partial charge in [0.1, 0.15) is 12.4 Å². The zero-order chi connectivity index (χ0) is 19.8. The van der Waals surface area contributed by atoms with E-state index >= 15 is 0 Å². The van der Waals surface area contributed by atoms with Crippen LogP contribution in [0.1, 0.15) is 18.1 Å². The van der Waals surface area contributed by atoms with Gasteiger partial charge in [-0.05, 0) is 25.5 Å². The first-order chi connectivity index (χ1) is 13.7. The molecular formula is C20H31N7O. The Morgan fingerprint density at radius 3 is 2.54 bits per heavy atom. The van der Waals surface area contributed by atoms with Crippen LogP contribution in [0.4, 0.5) is 5.69 Å². The molecule has 2 heterocycles. The molecule has 1 fully saturated rings. The number of aliphatic imine (C=N–C) groups is 1. The van der Waals surface area contributed by atoms with Crippen LogP contribution in [0.5, 0.6) is 0 Å². The molecule has 152 valence electrons. The summed E-state index contributed by atoms with van der Waals surface area (Å²) >= 11 is 0. The number of hydrogen-bond donors (Lipinski definition) is 1. The summed E-state index contributed by atoms with van der Waals surface area (Å²) in [7, 11) is 3.71. The minimum atomic E-state index is 0.517. The SMILES string of the molecule is COCCCNC(=NCc1nnc(C)n1C)N1CCN(c2ccccc2)CC1. The van der Waals surface area contributed by atoms with Crippen molar-refractivity contribution < 1.29 is 4.74 Å². The first-order valence-corrected chi connectivity index (χ1v) is 9.86. The average Bonchev–Trinajstić information content (AvgIpc) is 3.06. The molecule has 2 aromatic rings. The maximum absolute atomic E-state index is 5.16. The summed E-state index contributed by atoms with van der Waals surface area (Å²) in [6.45, 7) is 7.87. The van der Waals surface area contributed by atoms with Crippen molar-refractivity contribution in [3.63, 3.8) is 0 Å². The number of anilines is 1. The topological polar surface area (TPSA) is 70.8 Å². The molecule has 1 N–H and O–H groups in total. The van der Waals surface area contributed by atoms with Gasteiger partial charge in [-0.1, -0.05) is 18.2 Å². The number of methoxy groups -OCH3 is 1. The maximum atomic E-state index is 5.16. The summed E-state index contributed by atoms with van der Waals surface area (Å²) in [4.78, 5) is 9.59. The molecule has 0 saturated carbocycles. The summed E-state index contributed by atoms with van der Waals surface area (Å²) in [5.74, 6) is 2.71. The van der Waals surface area contributed by atoms with Gasteiger partial charge in [-0.3, -0.25) is 0 Å². The summed E-state index contributed by atoms with van der Waals surface area (Å²) in [5.41, 5.74) is 1.28. The highest BCUT2D eigenvalue weighted by atomic mass is 16.5. The van der Waals surface area contributed by atoms with E-state index in [9.17, 15) is 0 Å². The van der Waals surface area contributed by atoms with E-state index in [0.717, 1.165) is 63.4 Å². The number of nitrogens with zero attached hydrogens (tertiary/aromatic N) is 6. The minimum Gasteiger partial charge on any atom is -0.385 e. The van der Waals surface area contributed by atoms with Crippen LogP contribution in [-0.2, 0) is 18.3 Å². The third-order valence-electron chi connectivity index (χ3n) is 5.06. The number of para-hydroxylation sites is 1. The molecule has 0 radical (unpaired) electrons. The number of piperazine rings is 1. The van der Waals surface area contributed by atoms with Gasteiger partial charge in [-0.2, -0.15) is 0 Å². The van der Waals surface area contributed by atoms with Gasteiger partial charge in [-0.15, -0.1) is 10.2 Å². The molecular weight excluding hydrogens is 354 g/mol. The predicted molar refractivity (Wildman–Crippen MR) is 112 cm³/mol. The van der Waals surface area contributed by atoms with Crippen molar-refractivity contribution in [3.05, 3.63) is 42.0 Å². The van der Waals surface area contributed by atoms with Crippen LogP contribution in [0.2, 0.25) is 0 Å². The van der Waals surface area contributed by atoms with Gasteiger partial charge in [0.2, 0.25) is 0 Å². The lowest BCUT2D eigenvalue weighted by molar-refractivity contribution is 0.195. The van der Waals surface area contributed by atoms with Crippen LogP contribution < -0.4 is 10.2 Å². The lowest BCUT2D eigenvalue weighted by Gasteiger charge is -2.37. The summed E-state index contributed by atoms with van der Waals surface area (Å²) in [6.07, 6.45) is 0.947. The van der Waals surface area contributed by atoms with Crippen molar-refractivity contribution in [1.82, 2.24) is 25.0 Å². The van der Waals surface area contributed by atoms with Crippen molar-refractivity contribution in [2.75, 3.05) is 51.3 Å². The van der Waals surface area contributed by atoms with Gasteiger partial charge in [0.05, 0.1) is 0 Å². The zero-order valence-electron chi connectivity index (χ0n) is 17.1. The molecule has 1 aromatic heterocycles. The van der Waals surface area contributed by atoms with Crippen molar-refractivity contribution in [2.24, 2.45) is 12.0 Å². The molecule has 0 amide bonds. The van der Waals surface area contributed by atoms with Crippen molar-refractivity contribution in [2.45, 2.75) is 19.9 Å². The predicted octanol–water partition coefficient (Wildman–Crippen LogP) is 1.43. The number of aryl methyl sites for hydroxylation is 1. The summed E-state index contributed by atoms with van der Waals surface area (Å²) < 4.78 is 7.14. The van der Waals surface area contributed by atoms with Crippen molar-refractivity contribution >= 4 is 11.6 Å². The number of nitrogens with one attached hydrogen (secondary N) is 1. The lowest BCUT2D eigenvalue weighted by Crippen LogP contribution is -2.52. The first-order valence-electron chi connectivity index (χ1n) is 9.86. The molecule has 1 saturated heterocycles. The fourth-order valence-electron chi connectivity index (χ4n) is 3.23. The molecule has 0 unspecified atom stereocenters. The molecule has 8 nitrogen and oxygen atoms in total. The van der Waals surface area contributed by atoms with Crippen LogP contribution in [0.15, 0.2) is 35.3 Å². The van der Waals surface area contributed by atoms with Gasteiger partial charge in [-0.25, -0.2) is 4.99 Å². The molecule has 3 rings (SSSR count). The molecule has 1 aromatic carbocycles. The Morgan fingerprint density at radius 2 is 1.89 bits per heavy atom. The molecule has 0 bridgehead atoms. The average molecular weight is 386 g/mol. The second-order valence-electron chi connectivity index (χ2n) is 6.95. The van der Waals surface area contributed by atoms with Gasteiger partial charge < -0.3 is 24.4 Å². The molecule has 0 spiro atoms. The quantitative estimate of drug-likeness (QED) is 0.442. The second-order valence-corrected chi connectivity index (χ2v) is 6.95. The number of ether oxygens (including phenoxy) is 1. The number of benzene rings is 1.